The molecule has 0 aliphatic carbocycles. The second kappa shape index (κ2) is 4.03. The Morgan fingerprint density at radius 3 is 2.57 bits per heavy atom. The lowest BCUT2D eigenvalue weighted by Crippen LogP contribution is -1.86. The van der Waals surface area contributed by atoms with Gasteiger partial charge in [0.05, 0.1) is 5.69 Å². The first-order valence-corrected chi connectivity index (χ1v) is 4.48. The molecule has 0 spiro atoms. The van der Waals surface area contributed by atoms with E-state index in [0.717, 1.165) is 16.8 Å². The van der Waals surface area contributed by atoms with Gasteiger partial charge in [-0.3, -0.25) is 4.98 Å². The number of nitrogens with zero attached hydrogens (tertiary/aromatic N) is 1. The Morgan fingerprint density at radius 2 is 1.86 bits per heavy atom. The molecule has 14 heavy (non-hydrogen) atoms. The molecular weight excluding hydrogens is 174 g/mol. The highest BCUT2D eigenvalue weighted by atomic mass is 16.3. The Morgan fingerprint density at radius 1 is 1.07 bits per heavy atom. The van der Waals surface area contributed by atoms with Crippen molar-refractivity contribution >= 4 is 0 Å². The maximum atomic E-state index is 10.7. The van der Waals surface area contributed by atoms with Crippen LogP contribution in [0.15, 0.2) is 48.7 Å². The molecule has 2 nitrogen and oxygen atoms in total. The first-order valence-electron chi connectivity index (χ1n) is 4.48. The molecule has 1 aromatic heterocycles. The van der Waals surface area contributed by atoms with Crippen molar-refractivity contribution in [1.29, 1.82) is 0 Å². The highest BCUT2D eigenvalue weighted by molar-refractivity contribution is 5.59. The van der Waals surface area contributed by atoms with Gasteiger partial charge in [-0.1, -0.05) is 30.3 Å². The number of hydrogen-bond donors (Lipinski definition) is 0. The highest BCUT2D eigenvalue weighted by Gasteiger charge is 1.98. The second-order valence-corrected chi connectivity index (χ2v) is 3.06. The van der Waals surface area contributed by atoms with Gasteiger partial charge in [-0.05, 0) is 17.7 Å². The van der Waals surface area contributed by atoms with Gasteiger partial charge >= 0.3 is 0 Å². The fourth-order valence-corrected chi connectivity index (χ4v) is 1.33. The minimum atomic E-state index is -0.192. The van der Waals surface area contributed by atoms with Crippen molar-refractivity contribution in [1.82, 2.24) is 4.98 Å². The maximum absolute atomic E-state index is 10.7. The molecule has 0 fully saturated rings. The molecule has 2 rings (SSSR count). The van der Waals surface area contributed by atoms with Crippen LogP contribution in [0.5, 0.6) is 0 Å². The SMILES string of the molecule is [O]Cc1ccnc(-c2ccccc2)c1. The molecule has 0 N–H and O–H groups in total. The van der Waals surface area contributed by atoms with E-state index < -0.39 is 0 Å². The summed E-state index contributed by atoms with van der Waals surface area (Å²) in [6.45, 7) is -0.192. The molecule has 0 bridgehead atoms. The van der Waals surface area contributed by atoms with Gasteiger partial charge < -0.3 is 0 Å². The van der Waals surface area contributed by atoms with Crippen LogP contribution in [0.1, 0.15) is 5.56 Å². The van der Waals surface area contributed by atoms with Gasteiger partial charge in [0.15, 0.2) is 0 Å². The van der Waals surface area contributed by atoms with Crippen molar-refractivity contribution in [3.8, 4) is 11.3 Å². The van der Waals surface area contributed by atoms with Crippen LogP contribution >= 0.6 is 0 Å². The van der Waals surface area contributed by atoms with Gasteiger partial charge in [0.2, 0.25) is 0 Å². The molecule has 2 heteroatoms. The van der Waals surface area contributed by atoms with Crippen LogP contribution in [0.25, 0.3) is 11.3 Å². The zero-order valence-corrected chi connectivity index (χ0v) is 7.68. The lowest BCUT2D eigenvalue weighted by Gasteiger charge is -2.01. The minimum absolute atomic E-state index is 0.192. The van der Waals surface area contributed by atoms with Crippen molar-refractivity contribution in [3.63, 3.8) is 0 Å². The minimum Gasteiger partial charge on any atom is -0.256 e. The average molecular weight is 184 g/mol. The molecule has 0 atom stereocenters. The van der Waals surface area contributed by atoms with Crippen molar-refractivity contribution < 1.29 is 5.11 Å². The number of pyridine rings is 1. The van der Waals surface area contributed by atoms with E-state index in [4.69, 9.17) is 0 Å². The van der Waals surface area contributed by atoms with Crippen molar-refractivity contribution in [2.75, 3.05) is 0 Å². The standard InChI is InChI=1S/C12H10NO/c14-9-10-6-7-13-12(8-10)11-4-2-1-3-5-11/h1-8H,9H2. The first-order chi connectivity index (χ1) is 6.90. The van der Waals surface area contributed by atoms with Crippen LogP contribution in [0, 0.1) is 0 Å². The molecule has 0 saturated carbocycles. The van der Waals surface area contributed by atoms with E-state index in [-0.39, 0.29) is 6.61 Å². The van der Waals surface area contributed by atoms with Gasteiger partial charge in [0.1, 0.15) is 6.61 Å². The molecule has 0 aliphatic rings. The van der Waals surface area contributed by atoms with Crippen LogP contribution in [-0.2, 0) is 11.7 Å². The highest BCUT2D eigenvalue weighted by Crippen LogP contribution is 2.16. The zero-order chi connectivity index (χ0) is 9.80. The molecule has 0 saturated heterocycles. The summed E-state index contributed by atoms with van der Waals surface area (Å²) in [4.78, 5) is 4.22. The Bertz CT molecular complexity index is 412. The molecule has 1 heterocycles. The maximum Gasteiger partial charge on any atom is 0.107 e. The van der Waals surface area contributed by atoms with E-state index in [0.29, 0.717) is 0 Å². The summed E-state index contributed by atoms with van der Waals surface area (Å²) in [6, 6.07) is 13.4. The van der Waals surface area contributed by atoms with Crippen molar-refractivity contribution in [2.24, 2.45) is 0 Å². The van der Waals surface area contributed by atoms with Crippen LogP contribution < -0.4 is 0 Å². The fraction of sp³-hybridized carbons (Fsp3) is 0.0833. The fourth-order valence-electron chi connectivity index (χ4n) is 1.33. The number of rotatable bonds is 2. The molecule has 0 amide bonds. The summed E-state index contributed by atoms with van der Waals surface area (Å²) in [5, 5.41) is 10.7. The normalized spacial score (nSPS) is 10.1. The summed E-state index contributed by atoms with van der Waals surface area (Å²) in [5.74, 6) is 0. The summed E-state index contributed by atoms with van der Waals surface area (Å²) >= 11 is 0. The van der Waals surface area contributed by atoms with Crippen LogP contribution in [0.3, 0.4) is 0 Å². The lowest BCUT2D eigenvalue weighted by molar-refractivity contribution is 0.177. The lowest BCUT2D eigenvalue weighted by atomic mass is 10.1. The van der Waals surface area contributed by atoms with E-state index in [2.05, 4.69) is 4.98 Å². The topological polar surface area (TPSA) is 32.8 Å². The van der Waals surface area contributed by atoms with Crippen molar-refractivity contribution in [2.45, 2.75) is 6.61 Å². The molecule has 0 unspecified atom stereocenters. The van der Waals surface area contributed by atoms with Gasteiger partial charge in [-0.25, -0.2) is 5.11 Å². The van der Waals surface area contributed by atoms with Gasteiger partial charge in [-0.15, -0.1) is 0 Å². The third-order valence-corrected chi connectivity index (χ3v) is 2.06. The Balaban J connectivity index is 2.42. The molecule has 1 radical (unpaired) electrons. The molecular formula is C12H10NO. The first kappa shape index (κ1) is 8.91. The average Bonchev–Trinajstić information content (AvgIpc) is 2.30. The predicted molar refractivity (Wildman–Crippen MR) is 54.1 cm³/mol. The Kier molecular flexibility index (Phi) is 2.56. The van der Waals surface area contributed by atoms with E-state index in [9.17, 15) is 5.11 Å². The summed E-state index contributed by atoms with van der Waals surface area (Å²) in [5.41, 5.74) is 2.68. The van der Waals surface area contributed by atoms with Crippen LogP contribution in [-0.4, -0.2) is 4.98 Å². The number of aromatic nitrogens is 1. The Labute approximate surface area is 82.9 Å². The molecule has 69 valence electrons. The van der Waals surface area contributed by atoms with Gasteiger partial charge in [-0.2, -0.15) is 0 Å². The quantitative estimate of drug-likeness (QED) is 0.706. The van der Waals surface area contributed by atoms with Gasteiger partial charge in [0, 0.05) is 11.8 Å². The third kappa shape index (κ3) is 1.80. The predicted octanol–water partition coefficient (Wildman–Crippen LogP) is 2.68. The smallest absolute Gasteiger partial charge is 0.107 e. The van der Waals surface area contributed by atoms with E-state index >= 15 is 0 Å². The van der Waals surface area contributed by atoms with E-state index in [1.165, 1.54) is 0 Å². The van der Waals surface area contributed by atoms with Crippen LogP contribution in [0.2, 0.25) is 0 Å². The largest absolute Gasteiger partial charge is 0.256 e. The zero-order valence-electron chi connectivity index (χ0n) is 7.68. The summed E-state index contributed by atoms with van der Waals surface area (Å²) in [6.07, 6.45) is 1.68. The second-order valence-electron chi connectivity index (χ2n) is 3.06. The van der Waals surface area contributed by atoms with E-state index in [1.54, 1.807) is 12.3 Å². The summed E-state index contributed by atoms with van der Waals surface area (Å²) < 4.78 is 0. The summed E-state index contributed by atoms with van der Waals surface area (Å²) in [7, 11) is 0. The molecule has 2 aromatic rings. The number of hydrogen-bond acceptors (Lipinski definition) is 1. The van der Waals surface area contributed by atoms with Crippen molar-refractivity contribution in [3.05, 3.63) is 54.2 Å². The van der Waals surface area contributed by atoms with Crippen LogP contribution in [0.4, 0.5) is 0 Å². The molecule has 0 aliphatic heterocycles. The third-order valence-electron chi connectivity index (χ3n) is 2.06. The van der Waals surface area contributed by atoms with Gasteiger partial charge in [0.25, 0.3) is 0 Å². The van der Waals surface area contributed by atoms with E-state index in [1.807, 2.05) is 36.4 Å². The number of benzene rings is 1. The Hall–Kier alpha value is -1.67. The molecule has 1 aromatic carbocycles. The monoisotopic (exact) mass is 184 g/mol.